The summed E-state index contributed by atoms with van der Waals surface area (Å²) in [5.41, 5.74) is 1.31. The predicted molar refractivity (Wildman–Crippen MR) is 111 cm³/mol. The molecule has 0 N–H and O–H groups in total. The molecule has 0 aliphatic heterocycles. The number of rotatable bonds is 7. The Bertz CT molecular complexity index is 1100. The molecule has 0 amide bonds. The first-order valence-corrected chi connectivity index (χ1v) is 8.83. The van der Waals surface area contributed by atoms with E-state index in [9.17, 15) is 14.9 Å². The number of nitrogens with zero attached hydrogens (tertiary/aromatic N) is 2. The van der Waals surface area contributed by atoms with E-state index in [-0.39, 0.29) is 22.7 Å². The van der Waals surface area contributed by atoms with Gasteiger partial charge in [0.05, 0.1) is 30.4 Å². The molecule has 1 aromatic heterocycles. The Morgan fingerprint density at radius 1 is 0.967 bits per heavy atom. The van der Waals surface area contributed by atoms with Crippen LogP contribution in [-0.2, 0) is 0 Å². The van der Waals surface area contributed by atoms with Crippen LogP contribution in [0.2, 0.25) is 0 Å². The minimum atomic E-state index is -0.754. The van der Waals surface area contributed by atoms with Crippen molar-refractivity contribution in [3.05, 3.63) is 87.7 Å². The fourth-order valence-electron chi connectivity index (χ4n) is 2.65. The molecule has 0 saturated carbocycles. The molecule has 3 rings (SSSR count). The molecule has 0 saturated heterocycles. The van der Waals surface area contributed by atoms with E-state index in [1.165, 1.54) is 26.4 Å². The SMILES string of the molecule is COc1cc(/C=C/c2ccccn2)ccc1OC(=O)c1ccc(OC)c([N+](=O)[O-])c1. The third-order valence-corrected chi connectivity index (χ3v) is 4.14. The van der Waals surface area contributed by atoms with Gasteiger partial charge < -0.3 is 14.2 Å². The van der Waals surface area contributed by atoms with Crippen LogP contribution in [0, 0.1) is 10.1 Å². The number of hydrogen-bond acceptors (Lipinski definition) is 7. The van der Waals surface area contributed by atoms with E-state index in [1.807, 2.05) is 30.4 Å². The summed E-state index contributed by atoms with van der Waals surface area (Å²) in [5.74, 6) is -0.167. The van der Waals surface area contributed by atoms with Crippen molar-refractivity contribution in [1.82, 2.24) is 4.98 Å². The second-order valence-electron chi connectivity index (χ2n) is 6.03. The molecule has 8 heteroatoms. The van der Waals surface area contributed by atoms with E-state index in [0.717, 1.165) is 17.3 Å². The molecular weight excluding hydrogens is 388 g/mol. The van der Waals surface area contributed by atoms with E-state index in [4.69, 9.17) is 14.2 Å². The van der Waals surface area contributed by atoms with Crippen molar-refractivity contribution >= 4 is 23.8 Å². The van der Waals surface area contributed by atoms with Crippen LogP contribution < -0.4 is 14.2 Å². The van der Waals surface area contributed by atoms with Crippen molar-refractivity contribution in [2.45, 2.75) is 0 Å². The zero-order valence-corrected chi connectivity index (χ0v) is 16.3. The van der Waals surface area contributed by atoms with Crippen LogP contribution in [0.5, 0.6) is 17.2 Å². The maximum Gasteiger partial charge on any atom is 0.343 e. The van der Waals surface area contributed by atoms with Gasteiger partial charge in [-0.15, -0.1) is 0 Å². The predicted octanol–water partition coefficient (Wildman–Crippen LogP) is 4.40. The fourth-order valence-corrected chi connectivity index (χ4v) is 2.65. The molecule has 0 atom stereocenters. The fraction of sp³-hybridized carbons (Fsp3) is 0.0909. The molecule has 3 aromatic rings. The van der Waals surface area contributed by atoms with Crippen molar-refractivity contribution in [2.75, 3.05) is 14.2 Å². The molecule has 2 aromatic carbocycles. The van der Waals surface area contributed by atoms with E-state index < -0.39 is 10.9 Å². The lowest BCUT2D eigenvalue weighted by Gasteiger charge is -2.10. The minimum absolute atomic E-state index is 0.0173. The van der Waals surface area contributed by atoms with Gasteiger partial charge in [-0.3, -0.25) is 15.1 Å². The van der Waals surface area contributed by atoms with E-state index in [2.05, 4.69) is 4.98 Å². The second-order valence-corrected chi connectivity index (χ2v) is 6.03. The van der Waals surface area contributed by atoms with Crippen LogP contribution >= 0.6 is 0 Å². The Balaban J connectivity index is 1.81. The smallest absolute Gasteiger partial charge is 0.343 e. The number of carbonyl (C=O) groups excluding carboxylic acids is 1. The molecule has 0 spiro atoms. The van der Waals surface area contributed by atoms with Crippen LogP contribution in [0.15, 0.2) is 60.8 Å². The van der Waals surface area contributed by atoms with Gasteiger partial charge in [0.1, 0.15) is 0 Å². The van der Waals surface area contributed by atoms with Crippen molar-refractivity contribution in [2.24, 2.45) is 0 Å². The van der Waals surface area contributed by atoms with Crippen molar-refractivity contribution in [3.63, 3.8) is 0 Å². The summed E-state index contributed by atoms with van der Waals surface area (Å²) in [6.45, 7) is 0. The van der Waals surface area contributed by atoms with Gasteiger partial charge in [-0.2, -0.15) is 0 Å². The summed E-state index contributed by atoms with van der Waals surface area (Å²) in [5, 5.41) is 11.2. The van der Waals surface area contributed by atoms with Crippen LogP contribution in [0.3, 0.4) is 0 Å². The number of methoxy groups -OCH3 is 2. The number of carbonyl (C=O) groups is 1. The number of esters is 1. The summed E-state index contributed by atoms with van der Waals surface area (Å²) in [7, 11) is 2.77. The average molecular weight is 406 g/mol. The van der Waals surface area contributed by atoms with Crippen molar-refractivity contribution in [1.29, 1.82) is 0 Å². The minimum Gasteiger partial charge on any atom is -0.493 e. The normalized spacial score (nSPS) is 10.6. The van der Waals surface area contributed by atoms with Gasteiger partial charge in [0.25, 0.3) is 0 Å². The van der Waals surface area contributed by atoms with E-state index >= 15 is 0 Å². The van der Waals surface area contributed by atoms with Gasteiger partial charge in [0.15, 0.2) is 17.2 Å². The molecular formula is C22H18N2O6. The first kappa shape index (κ1) is 20.5. The molecule has 0 bridgehead atoms. The number of ether oxygens (including phenoxy) is 3. The lowest BCUT2D eigenvalue weighted by atomic mass is 10.1. The van der Waals surface area contributed by atoms with Crippen LogP contribution in [0.4, 0.5) is 5.69 Å². The lowest BCUT2D eigenvalue weighted by molar-refractivity contribution is -0.385. The molecule has 1 heterocycles. The van der Waals surface area contributed by atoms with Crippen LogP contribution in [0.25, 0.3) is 12.2 Å². The highest BCUT2D eigenvalue weighted by Crippen LogP contribution is 2.31. The molecule has 152 valence electrons. The van der Waals surface area contributed by atoms with E-state index in [1.54, 1.807) is 24.4 Å². The zero-order chi connectivity index (χ0) is 21.5. The van der Waals surface area contributed by atoms with Crippen molar-refractivity contribution < 1.29 is 23.9 Å². The number of nitro groups is 1. The van der Waals surface area contributed by atoms with Crippen molar-refractivity contribution in [3.8, 4) is 17.2 Å². The average Bonchev–Trinajstić information content (AvgIpc) is 2.78. The highest BCUT2D eigenvalue weighted by molar-refractivity contribution is 5.92. The summed E-state index contributed by atoms with van der Waals surface area (Å²) in [6, 6.07) is 14.5. The Morgan fingerprint density at radius 3 is 2.40 bits per heavy atom. The topological polar surface area (TPSA) is 101 Å². The number of pyridine rings is 1. The molecule has 0 unspecified atom stereocenters. The lowest BCUT2D eigenvalue weighted by Crippen LogP contribution is -2.10. The van der Waals surface area contributed by atoms with Gasteiger partial charge in [-0.1, -0.05) is 18.2 Å². The first-order chi connectivity index (χ1) is 14.5. The number of hydrogen-bond donors (Lipinski definition) is 0. The van der Waals surface area contributed by atoms with E-state index in [0.29, 0.717) is 5.75 Å². The Labute approximate surface area is 172 Å². The largest absolute Gasteiger partial charge is 0.493 e. The molecule has 0 aliphatic rings. The summed E-state index contributed by atoms with van der Waals surface area (Å²) in [6.07, 6.45) is 5.40. The first-order valence-electron chi connectivity index (χ1n) is 8.83. The maximum absolute atomic E-state index is 12.5. The van der Waals surface area contributed by atoms with Crippen LogP contribution in [0.1, 0.15) is 21.6 Å². The second kappa shape index (κ2) is 9.33. The highest BCUT2D eigenvalue weighted by Gasteiger charge is 2.20. The standard InChI is InChI=1S/C22H18N2O6/c1-28-19-11-8-16(14-18(19)24(26)27)22(25)30-20-10-7-15(13-21(20)29-2)6-9-17-5-3-4-12-23-17/h3-14H,1-2H3/b9-6+. The number of nitro benzene ring substituents is 1. The summed E-state index contributed by atoms with van der Waals surface area (Å²) >= 11 is 0. The van der Waals surface area contributed by atoms with Gasteiger partial charge in [0, 0.05) is 12.3 Å². The van der Waals surface area contributed by atoms with Gasteiger partial charge in [-0.05, 0) is 48.0 Å². The zero-order valence-electron chi connectivity index (χ0n) is 16.3. The van der Waals surface area contributed by atoms with Gasteiger partial charge in [0.2, 0.25) is 0 Å². The number of benzene rings is 2. The maximum atomic E-state index is 12.5. The Morgan fingerprint density at radius 2 is 1.73 bits per heavy atom. The molecule has 0 fully saturated rings. The third kappa shape index (κ3) is 4.79. The van der Waals surface area contributed by atoms with Crippen LogP contribution in [-0.4, -0.2) is 30.1 Å². The van der Waals surface area contributed by atoms with Gasteiger partial charge in [-0.25, -0.2) is 4.79 Å². The Hall–Kier alpha value is -4.20. The molecule has 0 radical (unpaired) electrons. The Kier molecular flexibility index (Phi) is 6.39. The molecule has 0 aliphatic carbocycles. The number of aromatic nitrogens is 1. The summed E-state index contributed by atoms with van der Waals surface area (Å²) in [4.78, 5) is 27.2. The van der Waals surface area contributed by atoms with Gasteiger partial charge >= 0.3 is 11.7 Å². The summed E-state index contributed by atoms with van der Waals surface area (Å²) < 4.78 is 15.6. The quantitative estimate of drug-likeness (QED) is 0.248. The molecule has 8 nitrogen and oxygen atoms in total. The molecule has 30 heavy (non-hydrogen) atoms. The highest BCUT2D eigenvalue weighted by atomic mass is 16.6. The monoisotopic (exact) mass is 406 g/mol. The third-order valence-electron chi connectivity index (χ3n) is 4.14.